The molecule has 0 saturated carbocycles. The van der Waals surface area contributed by atoms with Crippen LogP contribution in [0.5, 0.6) is 5.75 Å². The molecule has 0 aliphatic carbocycles. The van der Waals surface area contributed by atoms with Crippen molar-refractivity contribution in [3.63, 3.8) is 0 Å². The molecule has 45 heavy (non-hydrogen) atoms. The lowest BCUT2D eigenvalue weighted by atomic mass is 9.97. The first-order valence-electron chi connectivity index (χ1n) is 12.9. The molecule has 1 heterocycles. The molecule has 0 unspecified atom stereocenters. The van der Waals surface area contributed by atoms with Crippen LogP contribution in [-0.4, -0.2) is 36.6 Å². The predicted molar refractivity (Wildman–Crippen MR) is 139 cm³/mol. The van der Waals surface area contributed by atoms with Gasteiger partial charge < -0.3 is 14.2 Å². The van der Waals surface area contributed by atoms with Gasteiger partial charge in [-0.15, -0.1) is 13.2 Å². The molecule has 7 nitrogen and oxygen atoms in total. The van der Waals surface area contributed by atoms with Crippen molar-refractivity contribution in [2.24, 2.45) is 0 Å². The van der Waals surface area contributed by atoms with Crippen molar-refractivity contribution in [2.75, 3.05) is 12.0 Å². The van der Waals surface area contributed by atoms with Crippen LogP contribution in [0.2, 0.25) is 0 Å². The van der Waals surface area contributed by atoms with E-state index in [2.05, 4.69) is 4.74 Å². The third-order valence-corrected chi connectivity index (χ3v) is 6.83. The number of hydrogen-bond donors (Lipinski definition) is 0. The van der Waals surface area contributed by atoms with Gasteiger partial charge in [0.1, 0.15) is 11.9 Å². The van der Waals surface area contributed by atoms with E-state index < -0.39 is 72.0 Å². The standard InChI is InChI=1S/C29H23F9N2O5/c1-16-24(18-10-20(27(30,31)32)13-21(11-18)28(33,34)35)44-26(42)39(16)15-19-12-22(45-29(36,37)38)8-9-23(19)40(25(41)43-2)14-17-6-4-3-5-7-17/h3-13,16,24H,14-15H2,1-2H3/t16-,24-/m0/s1. The van der Waals surface area contributed by atoms with Gasteiger partial charge in [-0.1, -0.05) is 30.3 Å². The summed E-state index contributed by atoms with van der Waals surface area (Å²) < 4.78 is 134. The number of hydrogen-bond acceptors (Lipinski definition) is 5. The number of alkyl halides is 9. The Kier molecular flexibility index (Phi) is 9.17. The minimum atomic E-state index is -5.16. The molecular formula is C29H23F9N2O5. The highest BCUT2D eigenvalue weighted by atomic mass is 19.4. The number of halogens is 9. The van der Waals surface area contributed by atoms with E-state index in [4.69, 9.17) is 9.47 Å². The molecule has 1 fully saturated rings. The van der Waals surface area contributed by atoms with E-state index >= 15 is 0 Å². The van der Waals surface area contributed by atoms with E-state index in [0.29, 0.717) is 17.7 Å². The fraction of sp³-hybridized carbons (Fsp3) is 0.310. The van der Waals surface area contributed by atoms with Gasteiger partial charge in [0.15, 0.2) is 0 Å². The van der Waals surface area contributed by atoms with Gasteiger partial charge in [-0.3, -0.25) is 9.80 Å². The number of ether oxygens (including phenoxy) is 3. The Morgan fingerprint density at radius 1 is 0.889 bits per heavy atom. The van der Waals surface area contributed by atoms with Crippen molar-refractivity contribution in [1.82, 2.24) is 4.90 Å². The number of amides is 2. The summed E-state index contributed by atoms with van der Waals surface area (Å²) in [5.41, 5.74) is -3.39. The van der Waals surface area contributed by atoms with Crippen molar-refractivity contribution in [3.05, 3.63) is 94.5 Å². The van der Waals surface area contributed by atoms with Gasteiger partial charge in [-0.05, 0) is 60.0 Å². The molecular weight excluding hydrogens is 627 g/mol. The van der Waals surface area contributed by atoms with E-state index in [0.717, 1.165) is 35.1 Å². The number of rotatable bonds is 7. The third kappa shape index (κ3) is 7.91. The van der Waals surface area contributed by atoms with Gasteiger partial charge in [0.2, 0.25) is 0 Å². The maximum atomic E-state index is 13.5. The smallest absolute Gasteiger partial charge is 0.452 e. The summed E-state index contributed by atoms with van der Waals surface area (Å²) in [5.74, 6) is -0.727. The molecule has 2 amide bonds. The normalized spacial score (nSPS) is 17.2. The summed E-state index contributed by atoms with van der Waals surface area (Å²) in [4.78, 5) is 27.7. The SMILES string of the molecule is COC(=O)N(Cc1ccccc1)c1ccc(OC(F)(F)F)cc1CN1C(=O)O[C@H](c2cc(C(F)(F)F)cc(C(F)(F)F)c2)[C@@H]1C. The quantitative estimate of drug-likeness (QED) is 0.240. The number of carbonyl (C=O) groups excluding carboxylic acids is 2. The average molecular weight is 650 g/mol. The Morgan fingerprint density at radius 3 is 2.02 bits per heavy atom. The molecule has 242 valence electrons. The molecule has 0 radical (unpaired) electrons. The predicted octanol–water partition coefficient (Wildman–Crippen LogP) is 8.48. The summed E-state index contributed by atoms with van der Waals surface area (Å²) in [6.07, 6.45) is -19.2. The lowest BCUT2D eigenvalue weighted by Gasteiger charge is -2.27. The van der Waals surface area contributed by atoms with Crippen LogP contribution in [0, 0.1) is 0 Å². The lowest BCUT2D eigenvalue weighted by molar-refractivity contribution is -0.274. The zero-order chi connectivity index (χ0) is 33.3. The lowest BCUT2D eigenvalue weighted by Crippen LogP contribution is -2.34. The largest absolute Gasteiger partial charge is 0.573 e. The maximum absolute atomic E-state index is 13.5. The molecule has 16 heteroatoms. The topological polar surface area (TPSA) is 68.3 Å². The van der Waals surface area contributed by atoms with Crippen LogP contribution in [0.15, 0.2) is 66.7 Å². The fourth-order valence-corrected chi connectivity index (χ4v) is 4.76. The molecule has 0 N–H and O–H groups in total. The van der Waals surface area contributed by atoms with E-state index in [1.807, 2.05) is 0 Å². The van der Waals surface area contributed by atoms with Gasteiger partial charge in [0, 0.05) is 0 Å². The first-order valence-corrected chi connectivity index (χ1v) is 12.9. The molecule has 0 spiro atoms. The second-order valence-electron chi connectivity index (χ2n) is 9.89. The molecule has 2 atom stereocenters. The van der Waals surface area contributed by atoms with E-state index in [9.17, 15) is 49.1 Å². The number of cyclic esters (lactones) is 1. The summed E-state index contributed by atoms with van der Waals surface area (Å²) in [6.45, 7) is 0.558. The molecule has 1 saturated heterocycles. The number of benzene rings is 3. The Morgan fingerprint density at radius 2 is 1.49 bits per heavy atom. The summed E-state index contributed by atoms with van der Waals surface area (Å²) in [5, 5.41) is 0. The number of carbonyl (C=O) groups is 2. The molecule has 1 aliphatic rings. The number of anilines is 1. The summed E-state index contributed by atoms with van der Waals surface area (Å²) >= 11 is 0. The minimum absolute atomic E-state index is 0.0258. The highest BCUT2D eigenvalue weighted by molar-refractivity contribution is 5.89. The van der Waals surface area contributed by atoms with Crippen molar-refractivity contribution in [1.29, 1.82) is 0 Å². The average Bonchev–Trinajstić information content (AvgIpc) is 3.23. The highest BCUT2D eigenvalue weighted by Gasteiger charge is 2.44. The molecule has 1 aliphatic heterocycles. The second kappa shape index (κ2) is 12.4. The molecule has 4 rings (SSSR count). The summed E-state index contributed by atoms with van der Waals surface area (Å²) in [7, 11) is 1.07. The number of nitrogens with zero attached hydrogens (tertiary/aromatic N) is 2. The van der Waals surface area contributed by atoms with Crippen LogP contribution in [-0.2, 0) is 34.9 Å². The van der Waals surface area contributed by atoms with Crippen LogP contribution in [0.25, 0.3) is 0 Å². The fourth-order valence-electron chi connectivity index (χ4n) is 4.76. The van der Waals surface area contributed by atoms with Gasteiger partial charge in [-0.2, -0.15) is 26.3 Å². The molecule has 0 aromatic heterocycles. The zero-order valence-electron chi connectivity index (χ0n) is 23.3. The van der Waals surface area contributed by atoms with Crippen molar-refractivity contribution in [2.45, 2.75) is 50.9 Å². The molecule has 3 aromatic carbocycles. The van der Waals surface area contributed by atoms with Crippen LogP contribution >= 0.6 is 0 Å². The first-order chi connectivity index (χ1) is 20.9. The Bertz CT molecular complexity index is 1510. The Balaban J connectivity index is 1.75. The van der Waals surface area contributed by atoms with Crippen LogP contribution in [0.3, 0.4) is 0 Å². The van der Waals surface area contributed by atoms with E-state index in [1.54, 1.807) is 30.3 Å². The summed E-state index contributed by atoms with van der Waals surface area (Å²) in [6, 6.07) is 10.9. The van der Waals surface area contributed by atoms with E-state index in [1.165, 1.54) is 6.92 Å². The molecule has 3 aromatic rings. The van der Waals surface area contributed by atoms with Crippen LogP contribution in [0.4, 0.5) is 54.8 Å². The van der Waals surface area contributed by atoms with Crippen LogP contribution in [0.1, 0.15) is 40.8 Å². The van der Waals surface area contributed by atoms with Crippen molar-refractivity contribution < 1.29 is 63.3 Å². The highest BCUT2D eigenvalue weighted by Crippen LogP contribution is 2.42. The number of methoxy groups -OCH3 is 1. The van der Waals surface area contributed by atoms with Gasteiger partial charge in [0.25, 0.3) is 0 Å². The third-order valence-electron chi connectivity index (χ3n) is 6.83. The van der Waals surface area contributed by atoms with Crippen molar-refractivity contribution in [3.8, 4) is 5.75 Å². The van der Waals surface area contributed by atoms with Gasteiger partial charge in [-0.25, -0.2) is 9.59 Å². The zero-order valence-corrected chi connectivity index (χ0v) is 23.3. The Hall–Kier alpha value is -4.63. The molecule has 0 bridgehead atoms. The maximum Gasteiger partial charge on any atom is 0.573 e. The Labute approximate surface area is 249 Å². The minimum Gasteiger partial charge on any atom is -0.452 e. The van der Waals surface area contributed by atoms with Crippen molar-refractivity contribution >= 4 is 17.9 Å². The second-order valence-corrected chi connectivity index (χ2v) is 9.89. The monoisotopic (exact) mass is 650 g/mol. The van der Waals surface area contributed by atoms with Crippen LogP contribution < -0.4 is 9.64 Å². The first kappa shape index (κ1) is 33.3. The van der Waals surface area contributed by atoms with Gasteiger partial charge >= 0.3 is 30.9 Å². The van der Waals surface area contributed by atoms with E-state index in [-0.39, 0.29) is 23.9 Å². The van der Waals surface area contributed by atoms with Gasteiger partial charge in [0.05, 0.1) is 43.1 Å².